The molecule has 3 rings (SSSR count). The van der Waals surface area contributed by atoms with Crippen LogP contribution in [0.5, 0.6) is 0 Å². The number of rotatable bonds is 4. The lowest BCUT2D eigenvalue weighted by Gasteiger charge is -2.16. The molecule has 3 aromatic rings. The molecule has 132 valence electrons. The molecule has 9 heteroatoms. The highest BCUT2D eigenvalue weighted by molar-refractivity contribution is 5.77. The highest BCUT2D eigenvalue weighted by Gasteiger charge is 2.25. The standard InChI is InChI=1S/C16H16F2N4O3/c1-8(9-3-5-10(6-4-9)16(2,17)18)22-13-12(11(7-23)21-22)14(24)20-15(25)19-13/h3-6,8,23H,7H2,1-2H3,(H2,19,20,24,25). The van der Waals surface area contributed by atoms with Crippen LogP contribution in [-0.2, 0) is 12.5 Å². The first-order chi connectivity index (χ1) is 11.7. The molecule has 1 atom stereocenters. The van der Waals surface area contributed by atoms with Crippen molar-refractivity contribution < 1.29 is 13.9 Å². The largest absolute Gasteiger partial charge is 0.390 e. The van der Waals surface area contributed by atoms with Gasteiger partial charge in [-0.3, -0.25) is 14.8 Å². The summed E-state index contributed by atoms with van der Waals surface area (Å²) >= 11 is 0. The van der Waals surface area contributed by atoms with Crippen LogP contribution in [0.2, 0.25) is 0 Å². The molecule has 3 N–H and O–H groups in total. The molecule has 7 nitrogen and oxygen atoms in total. The number of hydrogen-bond acceptors (Lipinski definition) is 4. The fourth-order valence-corrected chi connectivity index (χ4v) is 2.73. The number of nitrogens with zero attached hydrogens (tertiary/aromatic N) is 2. The van der Waals surface area contributed by atoms with Gasteiger partial charge in [0, 0.05) is 12.5 Å². The quantitative estimate of drug-likeness (QED) is 0.665. The van der Waals surface area contributed by atoms with Crippen LogP contribution in [0.25, 0.3) is 11.0 Å². The lowest BCUT2D eigenvalue weighted by atomic mass is 10.0. The molecule has 1 aromatic carbocycles. The smallest absolute Gasteiger partial charge is 0.327 e. The summed E-state index contributed by atoms with van der Waals surface area (Å²) in [5, 5.41) is 13.7. The summed E-state index contributed by atoms with van der Waals surface area (Å²) in [4.78, 5) is 28.1. The van der Waals surface area contributed by atoms with E-state index in [1.807, 2.05) is 0 Å². The van der Waals surface area contributed by atoms with Crippen LogP contribution < -0.4 is 11.2 Å². The van der Waals surface area contributed by atoms with Gasteiger partial charge in [-0.25, -0.2) is 18.3 Å². The number of hydrogen-bond donors (Lipinski definition) is 3. The van der Waals surface area contributed by atoms with Gasteiger partial charge >= 0.3 is 5.69 Å². The lowest BCUT2D eigenvalue weighted by molar-refractivity contribution is 0.0174. The summed E-state index contributed by atoms with van der Waals surface area (Å²) in [6.45, 7) is 2.08. The molecule has 0 spiro atoms. The Hall–Kier alpha value is -2.81. The number of H-pyrrole nitrogens is 2. The number of aliphatic hydroxyl groups is 1. The monoisotopic (exact) mass is 350 g/mol. The highest BCUT2D eigenvalue weighted by Crippen LogP contribution is 2.29. The molecular weight excluding hydrogens is 334 g/mol. The molecule has 0 aliphatic rings. The van der Waals surface area contributed by atoms with Crippen molar-refractivity contribution in [2.24, 2.45) is 0 Å². The van der Waals surface area contributed by atoms with Gasteiger partial charge in [-0.1, -0.05) is 24.3 Å². The maximum atomic E-state index is 13.3. The Morgan fingerprint density at radius 2 is 1.88 bits per heavy atom. The summed E-state index contributed by atoms with van der Waals surface area (Å²) in [5.74, 6) is -2.94. The Balaban J connectivity index is 2.13. The Kier molecular flexibility index (Phi) is 4.03. The number of halogens is 2. The van der Waals surface area contributed by atoms with Crippen molar-refractivity contribution >= 4 is 11.0 Å². The molecular formula is C16H16F2N4O3. The summed E-state index contributed by atoms with van der Waals surface area (Å²) in [7, 11) is 0. The van der Waals surface area contributed by atoms with Crippen molar-refractivity contribution in [3.63, 3.8) is 0 Å². The van der Waals surface area contributed by atoms with Crippen molar-refractivity contribution in [1.82, 2.24) is 19.7 Å². The van der Waals surface area contributed by atoms with E-state index in [1.54, 1.807) is 6.92 Å². The van der Waals surface area contributed by atoms with Crippen molar-refractivity contribution in [2.45, 2.75) is 32.4 Å². The van der Waals surface area contributed by atoms with Gasteiger partial charge < -0.3 is 5.11 Å². The first-order valence-corrected chi connectivity index (χ1v) is 7.55. The zero-order chi connectivity index (χ0) is 18.4. The zero-order valence-electron chi connectivity index (χ0n) is 13.5. The predicted octanol–water partition coefficient (Wildman–Crippen LogP) is 1.63. The maximum absolute atomic E-state index is 13.3. The Bertz CT molecular complexity index is 1030. The van der Waals surface area contributed by atoms with E-state index in [1.165, 1.54) is 28.9 Å². The molecule has 1 unspecified atom stereocenters. The Labute approximate surface area is 139 Å². The van der Waals surface area contributed by atoms with E-state index in [0.29, 0.717) is 5.56 Å². The zero-order valence-corrected chi connectivity index (χ0v) is 13.5. The molecule has 0 fully saturated rings. The normalized spacial score (nSPS) is 13.3. The van der Waals surface area contributed by atoms with Gasteiger partial charge in [0.05, 0.1) is 12.6 Å². The fourth-order valence-electron chi connectivity index (χ4n) is 2.73. The first kappa shape index (κ1) is 17.0. The second-order valence-corrected chi connectivity index (χ2v) is 5.87. The van der Waals surface area contributed by atoms with Crippen LogP contribution in [0.15, 0.2) is 33.9 Å². The Morgan fingerprint density at radius 1 is 1.24 bits per heavy atom. The molecule has 0 saturated carbocycles. The van der Waals surface area contributed by atoms with E-state index in [4.69, 9.17) is 0 Å². The van der Waals surface area contributed by atoms with Gasteiger partial charge in [-0.05, 0) is 12.5 Å². The number of aromatic nitrogens is 4. The third-order valence-corrected chi connectivity index (χ3v) is 4.09. The van der Waals surface area contributed by atoms with Gasteiger partial charge in [-0.15, -0.1) is 0 Å². The number of benzene rings is 1. The van der Waals surface area contributed by atoms with Crippen LogP contribution in [0.3, 0.4) is 0 Å². The van der Waals surface area contributed by atoms with E-state index < -0.39 is 29.8 Å². The van der Waals surface area contributed by atoms with Gasteiger partial charge in [0.25, 0.3) is 11.5 Å². The summed E-state index contributed by atoms with van der Waals surface area (Å²) in [6.07, 6.45) is 0. The van der Waals surface area contributed by atoms with Crippen molar-refractivity contribution in [3.05, 3.63) is 61.9 Å². The molecule has 25 heavy (non-hydrogen) atoms. The third kappa shape index (κ3) is 2.98. The van der Waals surface area contributed by atoms with Crippen LogP contribution in [0, 0.1) is 0 Å². The fraction of sp³-hybridized carbons (Fsp3) is 0.312. The average molecular weight is 350 g/mol. The van der Waals surface area contributed by atoms with Gasteiger partial charge in [0.15, 0.2) is 0 Å². The van der Waals surface area contributed by atoms with E-state index in [-0.39, 0.29) is 22.3 Å². The Morgan fingerprint density at radius 3 is 2.44 bits per heavy atom. The van der Waals surface area contributed by atoms with Crippen molar-refractivity contribution in [1.29, 1.82) is 0 Å². The molecule has 0 amide bonds. The maximum Gasteiger partial charge on any atom is 0.327 e. The molecule has 2 aromatic heterocycles. The second-order valence-electron chi connectivity index (χ2n) is 5.87. The highest BCUT2D eigenvalue weighted by atomic mass is 19.3. The minimum atomic E-state index is -2.94. The van der Waals surface area contributed by atoms with Crippen LogP contribution in [0.1, 0.15) is 36.7 Å². The number of nitrogens with one attached hydrogen (secondary N) is 2. The topological polar surface area (TPSA) is 104 Å². The van der Waals surface area contributed by atoms with E-state index in [9.17, 15) is 23.5 Å². The molecule has 2 heterocycles. The average Bonchev–Trinajstić information content (AvgIpc) is 2.92. The van der Waals surface area contributed by atoms with E-state index in [0.717, 1.165) is 6.92 Å². The van der Waals surface area contributed by atoms with Crippen LogP contribution >= 0.6 is 0 Å². The lowest BCUT2D eigenvalue weighted by Crippen LogP contribution is -2.23. The number of alkyl halides is 2. The second kappa shape index (κ2) is 5.92. The van der Waals surface area contributed by atoms with E-state index in [2.05, 4.69) is 15.1 Å². The predicted molar refractivity (Wildman–Crippen MR) is 86.7 cm³/mol. The third-order valence-electron chi connectivity index (χ3n) is 4.09. The summed E-state index contributed by atoms with van der Waals surface area (Å²) < 4.78 is 28.1. The first-order valence-electron chi connectivity index (χ1n) is 7.55. The van der Waals surface area contributed by atoms with Crippen molar-refractivity contribution in [2.75, 3.05) is 0 Å². The van der Waals surface area contributed by atoms with Crippen LogP contribution in [-0.4, -0.2) is 24.9 Å². The molecule has 0 radical (unpaired) electrons. The molecule has 0 aliphatic heterocycles. The van der Waals surface area contributed by atoms with Gasteiger partial charge in [0.1, 0.15) is 16.7 Å². The number of fused-ring (bicyclic) bond motifs is 1. The number of aliphatic hydroxyl groups excluding tert-OH is 1. The SMILES string of the molecule is CC(c1ccc(C(C)(F)F)cc1)n1nc(CO)c2c(=O)[nH]c(=O)[nH]c21. The summed E-state index contributed by atoms with van der Waals surface area (Å²) in [5.41, 5.74) is -0.525. The summed E-state index contributed by atoms with van der Waals surface area (Å²) in [6, 6.07) is 5.25. The van der Waals surface area contributed by atoms with E-state index >= 15 is 0 Å². The van der Waals surface area contributed by atoms with Gasteiger partial charge in [0.2, 0.25) is 0 Å². The minimum Gasteiger partial charge on any atom is -0.390 e. The molecule has 0 aliphatic carbocycles. The number of aromatic amines is 2. The molecule has 0 bridgehead atoms. The van der Waals surface area contributed by atoms with Gasteiger partial charge in [-0.2, -0.15) is 5.10 Å². The van der Waals surface area contributed by atoms with Crippen molar-refractivity contribution in [3.8, 4) is 0 Å². The van der Waals surface area contributed by atoms with Crippen LogP contribution in [0.4, 0.5) is 8.78 Å². The molecule has 0 saturated heterocycles. The minimum absolute atomic E-state index is 0.0886.